The van der Waals surface area contributed by atoms with Crippen molar-refractivity contribution in [1.29, 1.82) is 0 Å². The molecule has 208 valence electrons. The zero-order chi connectivity index (χ0) is 28.8. The molecular formula is C33H24F2N4O3. The molecule has 0 saturated carbocycles. The van der Waals surface area contributed by atoms with Crippen LogP contribution in [-0.2, 0) is 17.9 Å². The van der Waals surface area contributed by atoms with Gasteiger partial charge in [-0.15, -0.1) is 0 Å². The molecule has 6 aromatic rings. The third-order valence-corrected chi connectivity index (χ3v) is 7.62. The number of rotatable bonds is 6. The van der Waals surface area contributed by atoms with Gasteiger partial charge in [-0.1, -0.05) is 54.6 Å². The number of fused-ring (bicyclic) bond motifs is 5. The highest BCUT2D eigenvalue weighted by Crippen LogP contribution is 2.37. The summed E-state index contributed by atoms with van der Waals surface area (Å²) in [6.45, 7) is 0.239. The fraction of sp³-hybridized carbons (Fsp3) is 0.121. The Balaban J connectivity index is 1.33. The highest BCUT2D eigenvalue weighted by atomic mass is 19.1. The van der Waals surface area contributed by atoms with Crippen LogP contribution in [0.1, 0.15) is 34.6 Å². The lowest BCUT2D eigenvalue weighted by molar-refractivity contribution is -0.116. The van der Waals surface area contributed by atoms with Gasteiger partial charge in [0.25, 0.3) is 5.56 Å². The van der Waals surface area contributed by atoms with Gasteiger partial charge in [-0.2, -0.15) is 0 Å². The molecule has 1 aliphatic heterocycles. The second-order valence-electron chi connectivity index (χ2n) is 10.3. The van der Waals surface area contributed by atoms with Crippen molar-refractivity contribution in [3.05, 3.63) is 141 Å². The number of anilines is 1. The summed E-state index contributed by atoms with van der Waals surface area (Å²) in [6, 6.07) is 27.1. The number of nitrogens with zero attached hydrogens (tertiary/aromatic N) is 3. The molecule has 0 bridgehead atoms. The number of benzene rings is 4. The van der Waals surface area contributed by atoms with E-state index in [1.807, 2.05) is 40.8 Å². The summed E-state index contributed by atoms with van der Waals surface area (Å²) in [5.41, 5.74) is 3.51. The van der Waals surface area contributed by atoms with E-state index >= 15 is 0 Å². The Bertz CT molecular complexity index is 2030. The lowest BCUT2D eigenvalue weighted by atomic mass is 9.86. The van der Waals surface area contributed by atoms with E-state index in [-0.39, 0.29) is 42.7 Å². The van der Waals surface area contributed by atoms with Crippen LogP contribution >= 0.6 is 0 Å². The normalized spacial score (nSPS) is 14.6. The summed E-state index contributed by atoms with van der Waals surface area (Å²) in [6.07, 6.45) is 0.0757. The molecule has 0 aliphatic carbocycles. The average molecular weight is 563 g/mol. The molecule has 7 nitrogen and oxygen atoms in total. The number of imidazole rings is 1. The van der Waals surface area contributed by atoms with Crippen LogP contribution < -0.4 is 15.6 Å². The number of ether oxygens (including phenoxy) is 1. The molecule has 1 atom stereocenters. The second-order valence-corrected chi connectivity index (χ2v) is 10.3. The van der Waals surface area contributed by atoms with Crippen LogP contribution in [0, 0.1) is 11.6 Å². The number of carbonyl (C=O) groups excluding carboxylic acids is 1. The van der Waals surface area contributed by atoms with Crippen molar-refractivity contribution in [2.45, 2.75) is 25.5 Å². The summed E-state index contributed by atoms with van der Waals surface area (Å²) < 4.78 is 36.8. The number of carbonyl (C=O) groups is 1. The fourth-order valence-electron chi connectivity index (χ4n) is 5.55. The van der Waals surface area contributed by atoms with Gasteiger partial charge in [0, 0.05) is 17.9 Å². The number of nitrogens with one attached hydrogen (secondary N) is 1. The molecule has 9 heteroatoms. The lowest BCUT2D eigenvalue weighted by Crippen LogP contribution is -2.36. The van der Waals surface area contributed by atoms with E-state index in [1.54, 1.807) is 47.0 Å². The zero-order valence-corrected chi connectivity index (χ0v) is 22.3. The smallest absolute Gasteiger partial charge is 0.261 e. The number of hydrogen-bond acceptors (Lipinski definition) is 4. The third-order valence-electron chi connectivity index (χ3n) is 7.62. The molecule has 0 saturated heterocycles. The molecule has 0 radical (unpaired) electrons. The molecular weight excluding hydrogens is 538 g/mol. The Labute approximate surface area is 238 Å². The summed E-state index contributed by atoms with van der Waals surface area (Å²) in [5.74, 6) is -0.157. The molecule has 3 heterocycles. The molecule has 7 rings (SSSR count). The minimum Gasteiger partial charge on any atom is -0.489 e. The van der Waals surface area contributed by atoms with E-state index in [1.165, 1.54) is 18.2 Å². The summed E-state index contributed by atoms with van der Waals surface area (Å²) >= 11 is 0. The summed E-state index contributed by atoms with van der Waals surface area (Å²) in [5, 5.41) is 2.94. The van der Waals surface area contributed by atoms with Crippen LogP contribution in [0.15, 0.2) is 102 Å². The van der Waals surface area contributed by atoms with Gasteiger partial charge in [-0.05, 0) is 53.6 Å². The van der Waals surface area contributed by atoms with Crippen LogP contribution in [0.25, 0.3) is 16.8 Å². The highest BCUT2D eigenvalue weighted by Gasteiger charge is 2.33. The minimum atomic E-state index is -0.535. The molecule has 2 aromatic heterocycles. The first-order valence-corrected chi connectivity index (χ1v) is 13.5. The minimum absolute atomic E-state index is 0.0699. The Morgan fingerprint density at radius 1 is 0.881 bits per heavy atom. The van der Waals surface area contributed by atoms with Crippen molar-refractivity contribution in [3.8, 4) is 5.75 Å². The molecule has 42 heavy (non-hydrogen) atoms. The monoisotopic (exact) mass is 562 g/mol. The number of halogens is 2. The standard InChI is InChI=1S/C33H24F2N4O3/c34-23-13-9-20(10-14-23)18-38-32(41)30-25(21-11-15-24(16-12-21)42-19-22-5-1-2-6-26(22)35)17-29(40)37-31(30)39-28-8-4-3-7-27(28)36-33(38)39/h1-16,25H,17-19H2,(H,37,40)/t25-/m0/s1. The Kier molecular flexibility index (Phi) is 6.27. The molecule has 0 spiro atoms. The predicted molar refractivity (Wildman–Crippen MR) is 155 cm³/mol. The van der Waals surface area contributed by atoms with Crippen LogP contribution in [-0.4, -0.2) is 19.9 Å². The van der Waals surface area contributed by atoms with Crippen molar-refractivity contribution in [2.24, 2.45) is 0 Å². The second kappa shape index (κ2) is 10.3. The van der Waals surface area contributed by atoms with Gasteiger partial charge in [0.1, 0.15) is 29.8 Å². The Morgan fingerprint density at radius 2 is 1.62 bits per heavy atom. The molecule has 0 fully saturated rings. The van der Waals surface area contributed by atoms with Crippen molar-refractivity contribution >= 4 is 28.5 Å². The van der Waals surface area contributed by atoms with E-state index in [4.69, 9.17) is 9.72 Å². The summed E-state index contributed by atoms with van der Waals surface area (Å²) in [7, 11) is 0. The molecule has 4 aromatic carbocycles. The number of aromatic nitrogens is 3. The molecule has 0 unspecified atom stereocenters. The van der Waals surface area contributed by atoms with Gasteiger partial charge in [0.15, 0.2) is 0 Å². The maximum Gasteiger partial charge on any atom is 0.261 e. The van der Waals surface area contributed by atoms with Crippen molar-refractivity contribution in [1.82, 2.24) is 14.0 Å². The van der Waals surface area contributed by atoms with Gasteiger partial charge >= 0.3 is 0 Å². The number of hydrogen-bond donors (Lipinski definition) is 1. The van der Waals surface area contributed by atoms with Gasteiger partial charge in [-0.25, -0.2) is 13.8 Å². The van der Waals surface area contributed by atoms with Crippen molar-refractivity contribution < 1.29 is 18.3 Å². The summed E-state index contributed by atoms with van der Waals surface area (Å²) in [4.78, 5) is 32.0. The van der Waals surface area contributed by atoms with Crippen LogP contribution in [0.4, 0.5) is 14.6 Å². The molecule has 1 aliphatic rings. The van der Waals surface area contributed by atoms with E-state index in [0.29, 0.717) is 34.0 Å². The lowest BCUT2D eigenvalue weighted by Gasteiger charge is -2.27. The van der Waals surface area contributed by atoms with Gasteiger partial charge in [-0.3, -0.25) is 18.6 Å². The average Bonchev–Trinajstić information content (AvgIpc) is 3.39. The SMILES string of the molecule is O=C1C[C@@H](c2ccc(OCc3ccccc3F)cc2)c2c(n3c4ccccc4nc3n(Cc3ccc(F)cc3)c2=O)N1. The van der Waals surface area contributed by atoms with Gasteiger partial charge in [0.2, 0.25) is 11.7 Å². The number of para-hydroxylation sites is 2. The van der Waals surface area contributed by atoms with E-state index in [9.17, 15) is 18.4 Å². The largest absolute Gasteiger partial charge is 0.489 e. The first-order chi connectivity index (χ1) is 20.5. The van der Waals surface area contributed by atoms with Crippen molar-refractivity contribution in [3.63, 3.8) is 0 Å². The third kappa shape index (κ3) is 4.49. The van der Waals surface area contributed by atoms with Crippen molar-refractivity contribution in [2.75, 3.05) is 5.32 Å². The number of amides is 1. The van der Waals surface area contributed by atoms with Gasteiger partial charge in [0.05, 0.1) is 23.1 Å². The first kappa shape index (κ1) is 25.6. The van der Waals surface area contributed by atoms with Crippen LogP contribution in [0.2, 0.25) is 0 Å². The predicted octanol–water partition coefficient (Wildman–Crippen LogP) is 6.03. The first-order valence-electron chi connectivity index (χ1n) is 13.5. The Hall–Kier alpha value is -5.31. The highest BCUT2D eigenvalue weighted by molar-refractivity contribution is 5.96. The molecule has 1 N–H and O–H groups in total. The topological polar surface area (TPSA) is 77.6 Å². The fourth-order valence-corrected chi connectivity index (χ4v) is 5.55. The maximum absolute atomic E-state index is 14.2. The van der Waals surface area contributed by atoms with Crippen LogP contribution in [0.5, 0.6) is 5.75 Å². The zero-order valence-electron chi connectivity index (χ0n) is 22.3. The van der Waals surface area contributed by atoms with Gasteiger partial charge < -0.3 is 10.1 Å². The maximum atomic E-state index is 14.2. The van der Waals surface area contributed by atoms with E-state index in [0.717, 1.165) is 16.6 Å². The van der Waals surface area contributed by atoms with E-state index in [2.05, 4.69) is 5.32 Å². The molecule has 1 amide bonds. The Morgan fingerprint density at radius 3 is 2.40 bits per heavy atom. The van der Waals surface area contributed by atoms with Crippen LogP contribution in [0.3, 0.4) is 0 Å². The van der Waals surface area contributed by atoms with E-state index < -0.39 is 5.92 Å². The quantitative estimate of drug-likeness (QED) is 0.269.